The number of nitrogens with one attached hydrogen (secondary N) is 1. The summed E-state index contributed by atoms with van der Waals surface area (Å²) in [6, 6.07) is 10.6. The van der Waals surface area contributed by atoms with Crippen molar-refractivity contribution in [1.29, 1.82) is 0 Å². The van der Waals surface area contributed by atoms with Crippen molar-refractivity contribution >= 4 is 29.1 Å². The Morgan fingerprint density at radius 1 is 1.16 bits per heavy atom. The minimum atomic E-state index is -0.198. The summed E-state index contributed by atoms with van der Waals surface area (Å²) >= 11 is 12.0. The maximum absolute atomic E-state index is 12.6. The molecule has 5 nitrogen and oxygen atoms in total. The molecule has 0 saturated heterocycles. The van der Waals surface area contributed by atoms with Crippen molar-refractivity contribution in [2.75, 3.05) is 0 Å². The summed E-state index contributed by atoms with van der Waals surface area (Å²) in [5.41, 5.74) is 3.20. The van der Waals surface area contributed by atoms with Gasteiger partial charge in [0.2, 0.25) is 0 Å². The number of nitrogens with zero attached hydrogens (tertiary/aromatic N) is 3. The Kier molecular flexibility index (Phi) is 5.06. The fourth-order valence-corrected chi connectivity index (χ4v) is 2.83. The topological polar surface area (TPSA) is 59.8 Å². The Labute approximate surface area is 155 Å². The average Bonchev–Trinajstić information content (AvgIpc) is 3.11. The Morgan fingerprint density at radius 2 is 1.96 bits per heavy atom. The molecule has 1 amide bonds. The number of aryl methyl sites for hydroxylation is 1. The minimum absolute atomic E-state index is 0.152. The number of amides is 1. The molecular weight excluding hydrogens is 359 g/mol. The minimum Gasteiger partial charge on any atom is -0.346 e. The molecule has 0 bridgehead atoms. The third-order valence-corrected chi connectivity index (χ3v) is 4.67. The molecule has 128 valence electrons. The summed E-state index contributed by atoms with van der Waals surface area (Å²) < 4.78 is 1.65. The predicted octanol–water partition coefficient (Wildman–Crippen LogP) is 4.37. The van der Waals surface area contributed by atoms with Crippen LogP contribution < -0.4 is 5.32 Å². The van der Waals surface area contributed by atoms with Crippen LogP contribution in [0.4, 0.5) is 0 Å². The summed E-state index contributed by atoms with van der Waals surface area (Å²) in [4.78, 5) is 16.5. The zero-order valence-electron chi connectivity index (χ0n) is 13.7. The maximum atomic E-state index is 12.6. The van der Waals surface area contributed by atoms with Gasteiger partial charge in [0.25, 0.3) is 5.91 Å². The third kappa shape index (κ3) is 3.83. The fraction of sp³-hybridized carbons (Fsp3) is 0.167. The van der Waals surface area contributed by atoms with Crippen LogP contribution in [0.2, 0.25) is 10.0 Å². The van der Waals surface area contributed by atoms with Crippen molar-refractivity contribution < 1.29 is 4.79 Å². The second kappa shape index (κ2) is 7.25. The molecule has 2 aromatic carbocycles. The van der Waals surface area contributed by atoms with Crippen molar-refractivity contribution in [2.24, 2.45) is 0 Å². The lowest BCUT2D eigenvalue weighted by Crippen LogP contribution is -2.27. The van der Waals surface area contributed by atoms with Gasteiger partial charge in [-0.05, 0) is 55.3 Å². The van der Waals surface area contributed by atoms with Gasteiger partial charge in [-0.25, -0.2) is 9.67 Å². The quantitative estimate of drug-likeness (QED) is 0.737. The van der Waals surface area contributed by atoms with E-state index in [2.05, 4.69) is 15.4 Å². The van der Waals surface area contributed by atoms with Crippen LogP contribution in [0.15, 0.2) is 49.1 Å². The number of carbonyl (C=O) groups is 1. The van der Waals surface area contributed by atoms with E-state index in [-0.39, 0.29) is 11.9 Å². The number of carbonyl (C=O) groups excluding carboxylic acids is 1. The summed E-state index contributed by atoms with van der Waals surface area (Å²) in [6.45, 7) is 3.79. The maximum Gasteiger partial charge on any atom is 0.252 e. The van der Waals surface area contributed by atoms with Crippen LogP contribution in [0.25, 0.3) is 5.69 Å². The van der Waals surface area contributed by atoms with E-state index in [1.807, 2.05) is 32.0 Å². The summed E-state index contributed by atoms with van der Waals surface area (Å²) in [5.74, 6) is -0.152. The van der Waals surface area contributed by atoms with Crippen LogP contribution in [-0.2, 0) is 0 Å². The van der Waals surface area contributed by atoms with E-state index in [1.165, 1.54) is 6.33 Å². The van der Waals surface area contributed by atoms with Gasteiger partial charge in [-0.2, -0.15) is 5.10 Å². The molecule has 0 spiro atoms. The van der Waals surface area contributed by atoms with Gasteiger partial charge in [0.15, 0.2) is 0 Å². The molecule has 0 aliphatic carbocycles. The van der Waals surface area contributed by atoms with E-state index in [0.29, 0.717) is 15.6 Å². The van der Waals surface area contributed by atoms with Crippen molar-refractivity contribution in [2.45, 2.75) is 19.9 Å². The first-order valence-electron chi connectivity index (χ1n) is 7.67. The molecule has 7 heteroatoms. The lowest BCUT2D eigenvalue weighted by Gasteiger charge is -2.16. The van der Waals surface area contributed by atoms with Crippen LogP contribution >= 0.6 is 23.2 Å². The summed E-state index contributed by atoms with van der Waals surface area (Å²) in [5, 5.41) is 8.02. The second-order valence-corrected chi connectivity index (χ2v) is 6.52. The highest BCUT2D eigenvalue weighted by Crippen LogP contribution is 2.26. The molecule has 0 unspecified atom stereocenters. The number of rotatable bonds is 4. The number of benzene rings is 2. The van der Waals surface area contributed by atoms with Gasteiger partial charge in [0, 0.05) is 5.56 Å². The van der Waals surface area contributed by atoms with Crippen molar-refractivity contribution in [3.8, 4) is 5.69 Å². The van der Waals surface area contributed by atoms with Gasteiger partial charge in [-0.15, -0.1) is 0 Å². The van der Waals surface area contributed by atoms with E-state index in [4.69, 9.17) is 23.2 Å². The first-order chi connectivity index (χ1) is 12.0. The van der Waals surface area contributed by atoms with E-state index in [1.54, 1.807) is 29.2 Å². The van der Waals surface area contributed by atoms with Crippen molar-refractivity contribution in [3.05, 3.63) is 75.8 Å². The van der Waals surface area contributed by atoms with Crippen LogP contribution in [-0.4, -0.2) is 20.7 Å². The molecule has 0 aliphatic heterocycles. The van der Waals surface area contributed by atoms with Gasteiger partial charge in [-0.3, -0.25) is 4.79 Å². The number of aromatic nitrogens is 3. The van der Waals surface area contributed by atoms with Crippen molar-refractivity contribution in [1.82, 2.24) is 20.1 Å². The van der Waals surface area contributed by atoms with Crippen LogP contribution in [0, 0.1) is 6.92 Å². The first kappa shape index (κ1) is 17.5. The lowest BCUT2D eigenvalue weighted by molar-refractivity contribution is 0.0939. The highest BCUT2D eigenvalue weighted by molar-refractivity contribution is 6.42. The molecule has 1 aromatic heterocycles. The van der Waals surface area contributed by atoms with E-state index in [0.717, 1.165) is 16.8 Å². The smallest absolute Gasteiger partial charge is 0.252 e. The summed E-state index contributed by atoms with van der Waals surface area (Å²) in [7, 11) is 0. The first-order valence-corrected chi connectivity index (χ1v) is 8.43. The summed E-state index contributed by atoms with van der Waals surface area (Å²) in [6.07, 6.45) is 3.08. The highest BCUT2D eigenvalue weighted by atomic mass is 35.5. The number of hydrogen-bond acceptors (Lipinski definition) is 3. The number of halogens is 2. The molecular formula is C18H16Cl2N4O. The van der Waals surface area contributed by atoms with Crippen LogP contribution in [0.3, 0.4) is 0 Å². The fourth-order valence-electron chi connectivity index (χ4n) is 2.53. The van der Waals surface area contributed by atoms with Gasteiger partial charge >= 0.3 is 0 Å². The monoisotopic (exact) mass is 374 g/mol. The Morgan fingerprint density at radius 3 is 2.60 bits per heavy atom. The van der Waals surface area contributed by atoms with E-state index < -0.39 is 0 Å². The molecule has 0 aliphatic rings. The SMILES string of the molecule is Cc1cc(-n2cncn2)ccc1C(=O)N[C@@H](C)c1ccc(Cl)c(Cl)c1. The molecule has 3 rings (SSSR count). The molecule has 0 saturated carbocycles. The molecule has 1 atom stereocenters. The molecule has 1 N–H and O–H groups in total. The van der Waals surface area contributed by atoms with Crippen LogP contribution in [0.1, 0.15) is 34.5 Å². The normalized spacial score (nSPS) is 12.0. The predicted molar refractivity (Wildman–Crippen MR) is 98.4 cm³/mol. The largest absolute Gasteiger partial charge is 0.346 e. The van der Waals surface area contributed by atoms with E-state index >= 15 is 0 Å². The third-order valence-electron chi connectivity index (χ3n) is 3.93. The zero-order chi connectivity index (χ0) is 18.0. The molecule has 3 aromatic rings. The van der Waals surface area contributed by atoms with Crippen molar-refractivity contribution in [3.63, 3.8) is 0 Å². The Balaban J connectivity index is 1.77. The van der Waals surface area contributed by atoms with E-state index in [9.17, 15) is 4.79 Å². The highest BCUT2D eigenvalue weighted by Gasteiger charge is 2.15. The zero-order valence-corrected chi connectivity index (χ0v) is 15.2. The van der Waals surface area contributed by atoms with Gasteiger partial charge in [-0.1, -0.05) is 29.3 Å². The van der Waals surface area contributed by atoms with Gasteiger partial charge in [0.1, 0.15) is 12.7 Å². The number of hydrogen-bond donors (Lipinski definition) is 1. The second-order valence-electron chi connectivity index (χ2n) is 5.71. The average molecular weight is 375 g/mol. The van der Waals surface area contributed by atoms with Gasteiger partial charge < -0.3 is 5.32 Å². The Hall–Kier alpha value is -2.37. The Bertz CT molecular complexity index is 909. The molecule has 0 radical (unpaired) electrons. The molecule has 25 heavy (non-hydrogen) atoms. The lowest BCUT2D eigenvalue weighted by atomic mass is 10.0. The molecule has 0 fully saturated rings. The van der Waals surface area contributed by atoms with Crippen LogP contribution in [0.5, 0.6) is 0 Å². The van der Waals surface area contributed by atoms with Gasteiger partial charge in [0.05, 0.1) is 21.8 Å². The molecule has 1 heterocycles. The standard InChI is InChI=1S/C18H16Cl2N4O/c1-11-7-14(24-10-21-9-22-24)4-5-15(11)18(25)23-12(2)13-3-6-16(19)17(20)8-13/h3-10,12H,1-2H3,(H,23,25)/t12-/m0/s1.